The minimum atomic E-state index is -0.498. The van der Waals surface area contributed by atoms with E-state index in [1.165, 1.54) is 12.1 Å². The van der Waals surface area contributed by atoms with Crippen molar-refractivity contribution >= 4 is 11.4 Å². The summed E-state index contributed by atoms with van der Waals surface area (Å²) in [6.07, 6.45) is 1.57. The zero-order chi connectivity index (χ0) is 14.7. The molecule has 0 unspecified atom stereocenters. The molecule has 0 bridgehead atoms. The normalized spacial score (nSPS) is 10.2. The van der Waals surface area contributed by atoms with Crippen LogP contribution in [0, 0.1) is 33.6 Å². The Morgan fingerprint density at radius 2 is 1.70 bits per heavy atom. The van der Waals surface area contributed by atoms with Crippen molar-refractivity contribution in [3.63, 3.8) is 0 Å². The van der Waals surface area contributed by atoms with Crippen LogP contribution in [0.5, 0.6) is 0 Å². The van der Waals surface area contributed by atoms with Gasteiger partial charge in [0.05, 0.1) is 9.85 Å². The molecule has 6 nitrogen and oxygen atoms in total. The Bertz CT molecular complexity index is 683. The van der Waals surface area contributed by atoms with Crippen molar-refractivity contribution in [2.24, 2.45) is 0 Å². The monoisotopic (exact) mass is 271 g/mol. The molecule has 101 valence electrons. The smallest absolute Gasteiger partial charge is 0.258 e. The average Bonchev–Trinajstić information content (AvgIpc) is 2.38. The third-order valence-corrected chi connectivity index (χ3v) is 2.85. The molecular formula is C14H11N2O4. The lowest BCUT2D eigenvalue weighted by atomic mass is 10.0. The summed E-state index contributed by atoms with van der Waals surface area (Å²) in [4.78, 5) is 20.9. The van der Waals surface area contributed by atoms with Crippen LogP contribution in [0.2, 0.25) is 0 Å². The molecule has 20 heavy (non-hydrogen) atoms. The highest BCUT2D eigenvalue weighted by Gasteiger charge is 2.17. The van der Waals surface area contributed by atoms with Gasteiger partial charge in [-0.25, -0.2) is 0 Å². The van der Waals surface area contributed by atoms with E-state index in [0.29, 0.717) is 16.7 Å². The summed E-state index contributed by atoms with van der Waals surface area (Å²) in [5.41, 5.74) is 1.49. The minimum Gasteiger partial charge on any atom is -0.258 e. The van der Waals surface area contributed by atoms with E-state index in [4.69, 9.17) is 0 Å². The highest BCUT2D eigenvalue weighted by atomic mass is 16.6. The second kappa shape index (κ2) is 5.48. The lowest BCUT2D eigenvalue weighted by Gasteiger charge is -2.05. The molecule has 1 radical (unpaired) electrons. The van der Waals surface area contributed by atoms with Gasteiger partial charge >= 0.3 is 0 Å². The van der Waals surface area contributed by atoms with Crippen molar-refractivity contribution in [3.05, 3.63) is 85.8 Å². The van der Waals surface area contributed by atoms with E-state index in [2.05, 4.69) is 0 Å². The van der Waals surface area contributed by atoms with E-state index in [1.807, 2.05) is 0 Å². The van der Waals surface area contributed by atoms with E-state index < -0.39 is 9.85 Å². The maximum Gasteiger partial charge on any atom is 0.276 e. The molecule has 2 rings (SSSR count). The lowest BCUT2D eigenvalue weighted by Crippen LogP contribution is -1.98. The number of hydrogen-bond donors (Lipinski definition) is 0. The summed E-state index contributed by atoms with van der Waals surface area (Å²) in [6.45, 7) is 1.66. The van der Waals surface area contributed by atoms with Crippen molar-refractivity contribution in [1.29, 1.82) is 0 Å². The van der Waals surface area contributed by atoms with E-state index in [9.17, 15) is 20.2 Å². The van der Waals surface area contributed by atoms with Gasteiger partial charge in [0, 0.05) is 29.7 Å². The highest BCUT2D eigenvalue weighted by molar-refractivity contribution is 5.55. The Morgan fingerprint density at radius 1 is 1.00 bits per heavy atom. The molecule has 0 N–H and O–H groups in total. The molecule has 0 aliphatic carbocycles. The van der Waals surface area contributed by atoms with Crippen molar-refractivity contribution in [2.75, 3.05) is 0 Å². The first-order valence-corrected chi connectivity index (χ1v) is 5.82. The molecule has 2 aromatic rings. The van der Waals surface area contributed by atoms with E-state index in [1.54, 1.807) is 43.7 Å². The van der Waals surface area contributed by atoms with Gasteiger partial charge in [0.2, 0.25) is 0 Å². The van der Waals surface area contributed by atoms with Gasteiger partial charge < -0.3 is 0 Å². The lowest BCUT2D eigenvalue weighted by molar-refractivity contribution is -0.386. The van der Waals surface area contributed by atoms with Crippen LogP contribution in [0.3, 0.4) is 0 Å². The molecule has 0 aliphatic rings. The van der Waals surface area contributed by atoms with Gasteiger partial charge in [-0.1, -0.05) is 30.3 Å². The van der Waals surface area contributed by atoms with Crippen LogP contribution in [-0.4, -0.2) is 9.85 Å². The third kappa shape index (κ3) is 2.80. The first-order valence-electron chi connectivity index (χ1n) is 5.82. The number of non-ortho nitro benzene ring substituents is 1. The van der Waals surface area contributed by atoms with E-state index in [0.717, 1.165) is 0 Å². The zero-order valence-electron chi connectivity index (χ0n) is 10.6. The summed E-state index contributed by atoms with van der Waals surface area (Å²) in [7, 11) is 0. The number of nitrogens with zero attached hydrogens (tertiary/aromatic N) is 2. The Hall–Kier alpha value is -2.76. The molecule has 0 saturated carbocycles. The molecule has 0 amide bonds. The van der Waals surface area contributed by atoms with Crippen LogP contribution in [-0.2, 0) is 0 Å². The highest BCUT2D eigenvalue weighted by Crippen LogP contribution is 2.27. The first kappa shape index (κ1) is 13.7. The minimum absolute atomic E-state index is 0.0130. The number of benzene rings is 2. The Labute approximate surface area is 115 Å². The fourth-order valence-corrected chi connectivity index (χ4v) is 1.96. The molecule has 0 aliphatic heterocycles. The van der Waals surface area contributed by atoms with Gasteiger partial charge in [0.1, 0.15) is 0 Å². The Morgan fingerprint density at radius 3 is 2.35 bits per heavy atom. The van der Waals surface area contributed by atoms with Crippen molar-refractivity contribution in [1.82, 2.24) is 0 Å². The number of nitro benzene ring substituents is 2. The van der Waals surface area contributed by atoms with Gasteiger partial charge in [-0.15, -0.1) is 0 Å². The second-order valence-electron chi connectivity index (χ2n) is 4.27. The molecule has 0 saturated heterocycles. The molecule has 0 heterocycles. The standard InChI is InChI=1S/C14H11N2O4/c1-10-4-2-6-12(14(10)16(19)20)8-11-5-3-7-13(9-11)15(17)18/h2-9H,1H3. The maximum atomic E-state index is 11.1. The molecule has 0 aromatic heterocycles. The van der Waals surface area contributed by atoms with Crippen molar-refractivity contribution in [3.8, 4) is 0 Å². The predicted octanol–water partition coefficient (Wildman–Crippen LogP) is 3.41. The fraction of sp³-hybridized carbons (Fsp3) is 0.0714. The van der Waals surface area contributed by atoms with Crippen LogP contribution in [0.1, 0.15) is 16.7 Å². The summed E-state index contributed by atoms with van der Waals surface area (Å²) in [6, 6.07) is 11.0. The van der Waals surface area contributed by atoms with E-state index >= 15 is 0 Å². The van der Waals surface area contributed by atoms with Gasteiger partial charge in [-0.3, -0.25) is 20.2 Å². The quantitative estimate of drug-likeness (QED) is 0.629. The number of nitro groups is 2. The summed E-state index contributed by atoms with van der Waals surface area (Å²) >= 11 is 0. The van der Waals surface area contributed by atoms with Crippen molar-refractivity contribution in [2.45, 2.75) is 6.92 Å². The Balaban J connectivity index is 2.40. The molecule has 0 atom stereocenters. The van der Waals surface area contributed by atoms with E-state index in [-0.39, 0.29) is 11.4 Å². The topological polar surface area (TPSA) is 86.3 Å². The largest absolute Gasteiger partial charge is 0.276 e. The number of rotatable bonds is 4. The number of aryl methyl sites for hydroxylation is 1. The van der Waals surface area contributed by atoms with Crippen LogP contribution in [0.25, 0.3) is 0 Å². The summed E-state index contributed by atoms with van der Waals surface area (Å²) in [5, 5.41) is 21.8. The molecule has 6 heteroatoms. The SMILES string of the molecule is Cc1cccc([CH]c2cccc([N+](=O)[O-])c2)c1[N+](=O)[O-]. The fourth-order valence-electron chi connectivity index (χ4n) is 1.96. The van der Waals surface area contributed by atoms with Crippen LogP contribution >= 0.6 is 0 Å². The zero-order valence-corrected chi connectivity index (χ0v) is 10.6. The molecule has 0 fully saturated rings. The Kier molecular flexibility index (Phi) is 3.74. The average molecular weight is 271 g/mol. The van der Waals surface area contributed by atoms with Gasteiger partial charge in [0.25, 0.3) is 11.4 Å². The van der Waals surface area contributed by atoms with Gasteiger partial charge in [0.15, 0.2) is 0 Å². The number of hydrogen-bond acceptors (Lipinski definition) is 4. The molecule has 2 aromatic carbocycles. The molecule has 0 spiro atoms. The first-order chi connectivity index (χ1) is 9.49. The van der Waals surface area contributed by atoms with Gasteiger partial charge in [-0.2, -0.15) is 0 Å². The van der Waals surface area contributed by atoms with Crippen LogP contribution in [0.15, 0.2) is 42.5 Å². The van der Waals surface area contributed by atoms with Crippen molar-refractivity contribution < 1.29 is 9.85 Å². The van der Waals surface area contributed by atoms with Crippen LogP contribution < -0.4 is 0 Å². The summed E-state index contributed by atoms with van der Waals surface area (Å²) in [5.74, 6) is 0. The molecular weight excluding hydrogens is 260 g/mol. The third-order valence-electron chi connectivity index (χ3n) is 2.85. The van der Waals surface area contributed by atoms with Crippen LogP contribution in [0.4, 0.5) is 11.4 Å². The summed E-state index contributed by atoms with van der Waals surface area (Å²) < 4.78 is 0. The second-order valence-corrected chi connectivity index (χ2v) is 4.27. The maximum absolute atomic E-state index is 11.1. The number of para-hydroxylation sites is 1. The predicted molar refractivity (Wildman–Crippen MR) is 73.4 cm³/mol. The van der Waals surface area contributed by atoms with Gasteiger partial charge in [-0.05, 0) is 12.5 Å².